The van der Waals surface area contributed by atoms with Crippen molar-refractivity contribution in [1.82, 2.24) is 5.48 Å². The summed E-state index contributed by atoms with van der Waals surface area (Å²) in [5.41, 5.74) is 2.56. The second-order valence-corrected chi connectivity index (χ2v) is 4.20. The van der Waals surface area contributed by atoms with Gasteiger partial charge in [0.15, 0.2) is 0 Å². The Morgan fingerprint density at radius 2 is 2.05 bits per heavy atom. The molecule has 0 spiro atoms. The summed E-state index contributed by atoms with van der Waals surface area (Å²) in [4.78, 5) is 16.0. The van der Waals surface area contributed by atoms with E-state index in [1.807, 2.05) is 0 Å². The van der Waals surface area contributed by atoms with Crippen LogP contribution in [0.4, 0.5) is 13.2 Å². The van der Waals surface area contributed by atoms with Gasteiger partial charge in [0.05, 0.1) is 7.11 Å². The molecule has 0 aliphatic heterocycles. The highest BCUT2D eigenvalue weighted by molar-refractivity contribution is 5.82. The third-order valence-electron chi connectivity index (χ3n) is 2.87. The van der Waals surface area contributed by atoms with Crippen molar-refractivity contribution in [3.8, 4) is 5.75 Å². The van der Waals surface area contributed by atoms with Crippen LogP contribution in [0.15, 0.2) is 24.3 Å². The SMILES string of the molecule is CONC(=O)[C@@H]1C[C@H]1c1ccccc1OC(F)(F)F. The van der Waals surface area contributed by atoms with Gasteiger partial charge < -0.3 is 4.74 Å². The van der Waals surface area contributed by atoms with E-state index in [0.29, 0.717) is 12.0 Å². The lowest BCUT2D eigenvalue weighted by atomic mass is 10.1. The van der Waals surface area contributed by atoms with Crippen LogP contribution in [0.25, 0.3) is 0 Å². The molecule has 1 aromatic carbocycles. The third-order valence-corrected chi connectivity index (χ3v) is 2.87. The summed E-state index contributed by atoms with van der Waals surface area (Å²) >= 11 is 0. The molecular formula is C12H12F3NO3. The number of hydrogen-bond donors (Lipinski definition) is 1. The molecule has 104 valence electrons. The van der Waals surface area contributed by atoms with Gasteiger partial charge in [0.1, 0.15) is 5.75 Å². The first kappa shape index (κ1) is 13.7. The molecule has 1 aliphatic rings. The topological polar surface area (TPSA) is 47.6 Å². The number of ether oxygens (including phenoxy) is 1. The molecule has 7 heteroatoms. The molecule has 2 rings (SSSR count). The second-order valence-electron chi connectivity index (χ2n) is 4.20. The minimum absolute atomic E-state index is 0.257. The van der Waals surface area contributed by atoms with Crippen LogP contribution in [0.1, 0.15) is 17.9 Å². The van der Waals surface area contributed by atoms with Crippen molar-refractivity contribution in [2.45, 2.75) is 18.7 Å². The predicted octanol–water partition coefficient (Wildman–Crippen LogP) is 2.37. The maximum Gasteiger partial charge on any atom is 0.573 e. The van der Waals surface area contributed by atoms with Crippen molar-refractivity contribution in [2.75, 3.05) is 7.11 Å². The third kappa shape index (κ3) is 3.37. The van der Waals surface area contributed by atoms with Crippen LogP contribution in [-0.2, 0) is 9.63 Å². The molecule has 1 aliphatic carbocycles. The number of hydrogen-bond acceptors (Lipinski definition) is 3. The molecule has 0 saturated heterocycles. The van der Waals surface area contributed by atoms with E-state index >= 15 is 0 Å². The standard InChI is InChI=1S/C12H12F3NO3/c1-18-16-11(17)9-6-8(9)7-4-2-3-5-10(7)19-12(13,14)15/h2-5,8-9H,6H2,1H3,(H,16,17)/t8-,9+/m0/s1. The van der Waals surface area contributed by atoms with E-state index in [4.69, 9.17) is 0 Å². The molecule has 0 heterocycles. The van der Waals surface area contributed by atoms with Gasteiger partial charge >= 0.3 is 6.36 Å². The number of hydroxylamine groups is 1. The zero-order valence-corrected chi connectivity index (χ0v) is 10.0. The maximum atomic E-state index is 12.3. The van der Waals surface area contributed by atoms with Crippen LogP contribution in [0.3, 0.4) is 0 Å². The molecule has 0 aromatic heterocycles. The number of alkyl halides is 3. The highest BCUT2D eigenvalue weighted by Gasteiger charge is 2.46. The number of benzene rings is 1. The first-order valence-electron chi connectivity index (χ1n) is 5.60. The predicted molar refractivity (Wildman–Crippen MR) is 59.1 cm³/mol. The highest BCUT2D eigenvalue weighted by Crippen LogP contribution is 2.50. The van der Waals surface area contributed by atoms with E-state index in [1.54, 1.807) is 6.07 Å². The smallest absolute Gasteiger partial charge is 0.405 e. The van der Waals surface area contributed by atoms with Gasteiger partial charge in [-0.3, -0.25) is 9.63 Å². The van der Waals surface area contributed by atoms with Gasteiger partial charge in [-0.1, -0.05) is 18.2 Å². The Hall–Kier alpha value is -1.76. The second kappa shape index (κ2) is 5.08. The first-order valence-corrected chi connectivity index (χ1v) is 5.60. The molecule has 2 atom stereocenters. The Labute approximate surface area is 107 Å². The summed E-state index contributed by atoms with van der Waals surface area (Å²) in [7, 11) is 1.30. The van der Waals surface area contributed by atoms with Gasteiger partial charge in [-0.15, -0.1) is 13.2 Å². The minimum Gasteiger partial charge on any atom is -0.405 e. The fraction of sp³-hybridized carbons (Fsp3) is 0.417. The summed E-state index contributed by atoms with van der Waals surface area (Å²) in [6, 6.07) is 5.84. The maximum absolute atomic E-state index is 12.3. The molecule has 1 amide bonds. The first-order chi connectivity index (χ1) is 8.92. The van der Waals surface area contributed by atoms with Gasteiger partial charge in [0.25, 0.3) is 0 Å². The molecule has 4 nitrogen and oxygen atoms in total. The van der Waals surface area contributed by atoms with Crippen molar-refractivity contribution < 1.29 is 27.5 Å². The Morgan fingerprint density at radius 1 is 1.37 bits per heavy atom. The Bertz CT molecular complexity index is 476. The van der Waals surface area contributed by atoms with Crippen LogP contribution in [-0.4, -0.2) is 19.4 Å². The Balaban J connectivity index is 2.12. The lowest BCUT2D eigenvalue weighted by molar-refractivity contribution is -0.274. The van der Waals surface area contributed by atoms with Crippen LogP contribution in [0.5, 0.6) is 5.75 Å². The van der Waals surface area contributed by atoms with Crippen molar-refractivity contribution >= 4 is 5.91 Å². The van der Waals surface area contributed by atoms with Crippen LogP contribution in [0, 0.1) is 5.92 Å². The Morgan fingerprint density at radius 3 is 2.68 bits per heavy atom. The number of nitrogens with one attached hydrogen (secondary N) is 1. The molecule has 19 heavy (non-hydrogen) atoms. The lowest BCUT2D eigenvalue weighted by Crippen LogP contribution is -2.24. The van der Waals surface area contributed by atoms with Gasteiger partial charge in [-0.05, 0) is 24.0 Å². The number of carbonyl (C=O) groups excluding carboxylic acids is 1. The largest absolute Gasteiger partial charge is 0.573 e. The number of amides is 1. The highest BCUT2D eigenvalue weighted by atomic mass is 19.4. The average molecular weight is 275 g/mol. The van der Waals surface area contributed by atoms with Crippen LogP contribution >= 0.6 is 0 Å². The van der Waals surface area contributed by atoms with E-state index in [0.717, 1.165) is 0 Å². The van der Waals surface area contributed by atoms with Crippen LogP contribution < -0.4 is 10.2 Å². The Kier molecular flexibility index (Phi) is 3.66. The quantitative estimate of drug-likeness (QED) is 0.858. The zero-order chi connectivity index (χ0) is 14.0. The van der Waals surface area contributed by atoms with E-state index in [1.165, 1.54) is 25.3 Å². The van der Waals surface area contributed by atoms with Gasteiger partial charge in [-0.2, -0.15) is 0 Å². The number of carbonyl (C=O) groups is 1. The summed E-state index contributed by atoms with van der Waals surface area (Å²) in [5, 5.41) is 0. The summed E-state index contributed by atoms with van der Waals surface area (Å²) in [6.45, 7) is 0. The van der Waals surface area contributed by atoms with Gasteiger partial charge in [-0.25, -0.2) is 5.48 Å². The van der Waals surface area contributed by atoms with Crippen molar-refractivity contribution in [2.24, 2.45) is 5.92 Å². The zero-order valence-electron chi connectivity index (χ0n) is 10.0. The molecule has 1 saturated carbocycles. The van der Waals surface area contributed by atoms with Gasteiger partial charge in [0, 0.05) is 5.92 Å². The number of para-hydroxylation sites is 1. The molecule has 1 N–H and O–H groups in total. The van der Waals surface area contributed by atoms with Gasteiger partial charge in [0.2, 0.25) is 5.91 Å². The molecule has 0 radical (unpaired) electrons. The minimum atomic E-state index is -4.74. The molecule has 0 unspecified atom stereocenters. The molecule has 0 bridgehead atoms. The van der Waals surface area contributed by atoms with Crippen molar-refractivity contribution in [3.05, 3.63) is 29.8 Å². The molecular weight excluding hydrogens is 263 g/mol. The number of rotatable bonds is 4. The molecule has 1 aromatic rings. The lowest BCUT2D eigenvalue weighted by Gasteiger charge is -2.12. The average Bonchev–Trinajstić information content (AvgIpc) is 3.08. The van der Waals surface area contributed by atoms with E-state index in [2.05, 4.69) is 15.1 Å². The molecule has 1 fully saturated rings. The van der Waals surface area contributed by atoms with E-state index in [-0.39, 0.29) is 23.5 Å². The summed E-state index contributed by atoms with van der Waals surface area (Å²) in [5.74, 6) is -1.24. The van der Waals surface area contributed by atoms with E-state index in [9.17, 15) is 18.0 Å². The number of halogens is 3. The monoisotopic (exact) mass is 275 g/mol. The fourth-order valence-corrected chi connectivity index (χ4v) is 2.01. The normalized spacial score (nSPS) is 21.9. The van der Waals surface area contributed by atoms with E-state index < -0.39 is 6.36 Å². The van der Waals surface area contributed by atoms with Crippen molar-refractivity contribution in [1.29, 1.82) is 0 Å². The fourth-order valence-electron chi connectivity index (χ4n) is 2.01. The van der Waals surface area contributed by atoms with Crippen LogP contribution in [0.2, 0.25) is 0 Å². The van der Waals surface area contributed by atoms with Crippen molar-refractivity contribution in [3.63, 3.8) is 0 Å². The summed E-state index contributed by atoms with van der Waals surface area (Å²) < 4.78 is 40.7. The summed E-state index contributed by atoms with van der Waals surface area (Å²) in [6.07, 6.45) is -4.26.